The van der Waals surface area contributed by atoms with Crippen molar-refractivity contribution in [2.45, 2.75) is 19.9 Å². The van der Waals surface area contributed by atoms with Crippen molar-refractivity contribution in [3.05, 3.63) is 83.6 Å². The molecule has 0 unspecified atom stereocenters. The van der Waals surface area contributed by atoms with Gasteiger partial charge in [-0.25, -0.2) is 4.98 Å². The number of carbonyl (C=O) groups excluding carboxylic acids is 2. The summed E-state index contributed by atoms with van der Waals surface area (Å²) in [7, 11) is 0. The van der Waals surface area contributed by atoms with Gasteiger partial charge in [0.2, 0.25) is 5.91 Å². The summed E-state index contributed by atoms with van der Waals surface area (Å²) in [5, 5.41) is 5.92. The molecular formula is C23H22N4O2. The van der Waals surface area contributed by atoms with Gasteiger partial charge in [-0.15, -0.1) is 0 Å². The Morgan fingerprint density at radius 1 is 0.931 bits per heavy atom. The van der Waals surface area contributed by atoms with Gasteiger partial charge in [-0.05, 0) is 53.9 Å². The van der Waals surface area contributed by atoms with Gasteiger partial charge in [0, 0.05) is 37.6 Å². The minimum Gasteiger partial charge on any atom is -0.340 e. The zero-order valence-electron chi connectivity index (χ0n) is 16.2. The first-order chi connectivity index (χ1) is 14.1. The van der Waals surface area contributed by atoms with Crippen molar-refractivity contribution in [2.75, 3.05) is 17.2 Å². The van der Waals surface area contributed by atoms with Crippen LogP contribution in [0.4, 0.5) is 17.2 Å². The van der Waals surface area contributed by atoms with Crippen molar-refractivity contribution in [1.29, 1.82) is 0 Å². The Hall–Kier alpha value is -3.67. The summed E-state index contributed by atoms with van der Waals surface area (Å²) in [4.78, 5) is 30.2. The first-order valence-corrected chi connectivity index (χ1v) is 9.55. The van der Waals surface area contributed by atoms with Crippen molar-refractivity contribution < 1.29 is 9.59 Å². The van der Waals surface area contributed by atoms with Crippen LogP contribution in [-0.4, -0.2) is 28.2 Å². The number of benzene rings is 2. The number of hydrogen-bond donors (Lipinski definition) is 2. The lowest BCUT2D eigenvalue weighted by Crippen LogP contribution is -2.35. The molecule has 2 heterocycles. The number of nitrogens with one attached hydrogen (secondary N) is 2. The fourth-order valence-corrected chi connectivity index (χ4v) is 3.43. The molecule has 0 saturated carbocycles. The van der Waals surface area contributed by atoms with Gasteiger partial charge < -0.3 is 15.5 Å². The average Bonchev–Trinajstić information content (AvgIpc) is 2.74. The molecule has 0 radical (unpaired) electrons. The van der Waals surface area contributed by atoms with Crippen molar-refractivity contribution in [3.63, 3.8) is 0 Å². The van der Waals surface area contributed by atoms with E-state index in [-0.39, 0.29) is 11.8 Å². The van der Waals surface area contributed by atoms with Crippen LogP contribution in [0.25, 0.3) is 0 Å². The van der Waals surface area contributed by atoms with Crippen LogP contribution < -0.4 is 10.6 Å². The number of nitrogens with zero attached hydrogens (tertiary/aromatic N) is 2. The van der Waals surface area contributed by atoms with E-state index in [1.165, 1.54) is 18.1 Å². The van der Waals surface area contributed by atoms with Gasteiger partial charge >= 0.3 is 0 Å². The number of carbonyl (C=O) groups is 2. The Labute approximate surface area is 169 Å². The third-order valence-electron chi connectivity index (χ3n) is 4.91. The number of hydrogen-bond acceptors (Lipinski definition) is 4. The first kappa shape index (κ1) is 18.7. The SMILES string of the molecule is CC(=O)Nc1ccc(Nc2ccc(C(=O)N3CCc4ccccc4C3)cn2)cc1. The van der Waals surface area contributed by atoms with Crippen LogP contribution in [0, 0.1) is 0 Å². The minimum absolute atomic E-state index is 0.00165. The minimum atomic E-state index is -0.107. The molecule has 0 aliphatic carbocycles. The fraction of sp³-hybridized carbons (Fsp3) is 0.174. The van der Waals surface area contributed by atoms with Crippen LogP contribution in [0.15, 0.2) is 66.9 Å². The zero-order chi connectivity index (χ0) is 20.2. The van der Waals surface area contributed by atoms with Crippen molar-refractivity contribution in [2.24, 2.45) is 0 Å². The number of amides is 2. The first-order valence-electron chi connectivity index (χ1n) is 9.55. The van der Waals surface area contributed by atoms with E-state index < -0.39 is 0 Å². The van der Waals surface area contributed by atoms with Crippen LogP contribution in [0.3, 0.4) is 0 Å². The highest BCUT2D eigenvalue weighted by Crippen LogP contribution is 2.21. The number of pyridine rings is 1. The number of anilines is 3. The van der Waals surface area contributed by atoms with Crippen molar-refractivity contribution >= 4 is 29.0 Å². The predicted molar refractivity (Wildman–Crippen MR) is 113 cm³/mol. The third kappa shape index (κ3) is 4.43. The fourth-order valence-electron chi connectivity index (χ4n) is 3.43. The van der Waals surface area contributed by atoms with E-state index >= 15 is 0 Å². The van der Waals surface area contributed by atoms with Crippen molar-refractivity contribution in [3.8, 4) is 0 Å². The maximum absolute atomic E-state index is 12.8. The molecule has 1 aliphatic rings. The summed E-state index contributed by atoms with van der Waals surface area (Å²) in [6, 6.07) is 19.2. The Balaban J connectivity index is 1.40. The summed E-state index contributed by atoms with van der Waals surface area (Å²) >= 11 is 0. The van der Waals surface area contributed by atoms with Gasteiger partial charge in [0.1, 0.15) is 5.82 Å². The maximum atomic E-state index is 12.8. The molecule has 0 bridgehead atoms. The molecule has 6 nitrogen and oxygen atoms in total. The second-order valence-electron chi connectivity index (χ2n) is 7.06. The van der Waals surface area contributed by atoms with Crippen molar-refractivity contribution in [1.82, 2.24) is 9.88 Å². The summed E-state index contributed by atoms with van der Waals surface area (Å²) in [6.45, 7) is 2.83. The molecule has 6 heteroatoms. The Morgan fingerprint density at radius 3 is 2.34 bits per heavy atom. The summed E-state index contributed by atoms with van der Waals surface area (Å²) in [6.07, 6.45) is 2.49. The second kappa shape index (κ2) is 8.14. The molecule has 0 atom stereocenters. The normalized spacial score (nSPS) is 12.8. The Morgan fingerprint density at radius 2 is 1.66 bits per heavy atom. The number of rotatable bonds is 4. The van der Waals surface area contributed by atoms with Crippen LogP contribution in [0.2, 0.25) is 0 Å². The van der Waals surface area contributed by atoms with E-state index in [1.807, 2.05) is 41.3 Å². The van der Waals surface area contributed by atoms with E-state index in [1.54, 1.807) is 18.3 Å². The average molecular weight is 386 g/mol. The number of fused-ring (bicyclic) bond motifs is 1. The molecular weight excluding hydrogens is 364 g/mol. The second-order valence-corrected chi connectivity index (χ2v) is 7.06. The lowest BCUT2D eigenvalue weighted by molar-refractivity contribution is -0.114. The zero-order valence-corrected chi connectivity index (χ0v) is 16.2. The Bertz CT molecular complexity index is 1030. The standard InChI is InChI=1S/C23H22N4O2/c1-16(28)25-20-7-9-21(10-8-20)26-22-11-6-18(14-24-22)23(29)27-13-12-17-4-2-3-5-19(17)15-27/h2-11,14H,12-13,15H2,1H3,(H,24,26)(H,25,28). The molecule has 146 valence electrons. The molecule has 4 rings (SSSR count). The topological polar surface area (TPSA) is 74.3 Å². The van der Waals surface area contributed by atoms with E-state index in [0.717, 1.165) is 24.3 Å². The maximum Gasteiger partial charge on any atom is 0.255 e. The van der Waals surface area contributed by atoms with Gasteiger partial charge in [-0.2, -0.15) is 0 Å². The summed E-state index contributed by atoms with van der Waals surface area (Å²) < 4.78 is 0. The highest BCUT2D eigenvalue weighted by molar-refractivity contribution is 5.94. The molecule has 29 heavy (non-hydrogen) atoms. The predicted octanol–water partition coefficient (Wildman–Crippen LogP) is 3.98. The smallest absolute Gasteiger partial charge is 0.255 e. The van der Waals surface area contributed by atoms with Gasteiger partial charge in [0.05, 0.1) is 5.56 Å². The van der Waals surface area contributed by atoms with Gasteiger partial charge in [-0.3, -0.25) is 9.59 Å². The third-order valence-corrected chi connectivity index (χ3v) is 4.91. The molecule has 2 aromatic carbocycles. The molecule has 1 aromatic heterocycles. The van der Waals surface area contributed by atoms with Crippen LogP contribution >= 0.6 is 0 Å². The van der Waals surface area contributed by atoms with E-state index in [0.29, 0.717) is 17.9 Å². The lowest BCUT2D eigenvalue weighted by atomic mass is 9.99. The highest BCUT2D eigenvalue weighted by Gasteiger charge is 2.21. The Kier molecular flexibility index (Phi) is 5.24. The lowest BCUT2D eigenvalue weighted by Gasteiger charge is -2.28. The van der Waals surface area contributed by atoms with Crippen LogP contribution in [0.5, 0.6) is 0 Å². The van der Waals surface area contributed by atoms with E-state index in [2.05, 4.69) is 27.8 Å². The monoisotopic (exact) mass is 386 g/mol. The molecule has 0 saturated heterocycles. The van der Waals surface area contributed by atoms with Crippen LogP contribution in [0.1, 0.15) is 28.4 Å². The summed E-state index contributed by atoms with van der Waals surface area (Å²) in [5.41, 5.74) is 4.69. The molecule has 3 aromatic rings. The van der Waals surface area contributed by atoms with E-state index in [9.17, 15) is 9.59 Å². The molecule has 2 N–H and O–H groups in total. The van der Waals surface area contributed by atoms with Gasteiger partial charge in [-0.1, -0.05) is 24.3 Å². The molecule has 1 aliphatic heterocycles. The van der Waals surface area contributed by atoms with Gasteiger partial charge in [0.15, 0.2) is 0 Å². The van der Waals surface area contributed by atoms with Gasteiger partial charge in [0.25, 0.3) is 5.91 Å². The largest absolute Gasteiger partial charge is 0.340 e. The molecule has 0 spiro atoms. The molecule has 2 amide bonds. The number of aromatic nitrogens is 1. The summed E-state index contributed by atoms with van der Waals surface area (Å²) in [5.74, 6) is 0.542. The van der Waals surface area contributed by atoms with Crippen LogP contribution in [-0.2, 0) is 17.8 Å². The highest BCUT2D eigenvalue weighted by atomic mass is 16.2. The quantitative estimate of drug-likeness (QED) is 0.711. The van der Waals surface area contributed by atoms with E-state index in [4.69, 9.17) is 0 Å². The molecule has 0 fully saturated rings.